The van der Waals surface area contributed by atoms with E-state index < -0.39 is 0 Å². The molecule has 0 rings (SSSR count). The van der Waals surface area contributed by atoms with Crippen LogP contribution >= 0.6 is 13.5 Å². The van der Waals surface area contributed by atoms with Gasteiger partial charge in [0.25, 0.3) is 0 Å². The van der Waals surface area contributed by atoms with Gasteiger partial charge in [-0.15, -0.1) is 0 Å². The highest BCUT2D eigenvalue weighted by atomic mass is 32.1. The molecule has 0 fully saturated rings. The van der Waals surface area contributed by atoms with Gasteiger partial charge in [-0.2, -0.15) is 13.5 Å². The van der Waals surface area contributed by atoms with Crippen molar-refractivity contribution in [3.8, 4) is 0 Å². The molecule has 2 nitrogen and oxygen atoms in total. The standard InChI is InChI=1S/C3H6O.CH2O.H2S/c1-3(2)4;1-2;/h1-2H3;1H2;1H2. The minimum Gasteiger partial charge on any atom is -0.307 e. The van der Waals surface area contributed by atoms with Crippen LogP contribution in [0.15, 0.2) is 0 Å². The highest BCUT2D eigenvalue weighted by Crippen LogP contribution is 1.50. The van der Waals surface area contributed by atoms with Crippen molar-refractivity contribution in [3.05, 3.63) is 0 Å². The van der Waals surface area contributed by atoms with Crippen LogP contribution in [-0.2, 0) is 9.59 Å². The van der Waals surface area contributed by atoms with Gasteiger partial charge in [0.2, 0.25) is 0 Å². The molecule has 3 heteroatoms. The van der Waals surface area contributed by atoms with E-state index in [1.54, 1.807) is 0 Å². The van der Waals surface area contributed by atoms with E-state index >= 15 is 0 Å². The highest BCUT2D eigenvalue weighted by Gasteiger charge is 1.62. The van der Waals surface area contributed by atoms with E-state index in [2.05, 4.69) is 0 Å². The van der Waals surface area contributed by atoms with Crippen molar-refractivity contribution in [2.45, 2.75) is 13.8 Å². The summed E-state index contributed by atoms with van der Waals surface area (Å²) >= 11 is 0. The number of Topliss-reactive ketones (excluding diaryl/α,β-unsaturated/α-hetero) is 1. The maximum Gasteiger partial charge on any atom is 0.126 e. The first kappa shape index (κ1) is 15.9. The zero-order valence-electron chi connectivity index (χ0n) is 4.52. The van der Waals surface area contributed by atoms with Crippen LogP contribution in [0.3, 0.4) is 0 Å². The summed E-state index contributed by atoms with van der Waals surface area (Å²) in [6.45, 7) is 5.06. The van der Waals surface area contributed by atoms with Crippen LogP contribution in [0.2, 0.25) is 0 Å². The molecule has 0 spiro atoms. The Morgan fingerprint density at radius 1 is 1.29 bits per heavy atom. The summed E-state index contributed by atoms with van der Waals surface area (Å²) in [7, 11) is 0. The van der Waals surface area contributed by atoms with Gasteiger partial charge in [0.1, 0.15) is 12.6 Å². The van der Waals surface area contributed by atoms with Gasteiger partial charge in [-0.05, 0) is 13.8 Å². The average molecular weight is 122 g/mol. The van der Waals surface area contributed by atoms with Crippen molar-refractivity contribution in [1.82, 2.24) is 0 Å². The first-order chi connectivity index (χ1) is 2.73. The van der Waals surface area contributed by atoms with E-state index in [1.807, 2.05) is 6.79 Å². The van der Waals surface area contributed by atoms with Gasteiger partial charge < -0.3 is 9.59 Å². The zero-order valence-corrected chi connectivity index (χ0v) is 5.52. The first-order valence-electron chi connectivity index (χ1n) is 1.49. The van der Waals surface area contributed by atoms with Gasteiger partial charge in [0.05, 0.1) is 0 Å². The zero-order chi connectivity index (χ0) is 5.58. The van der Waals surface area contributed by atoms with Crippen molar-refractivity contribution in [1.29, 1.82) is 0 Å². The van der Waals surface area contributed by atoms with Gasteiger partial charge in [-0.3, -0.25) is 0 Å². The van der Waals surface area contributed by atoms with Crippen LogP contribution in [0.25, 0.3) is 0 Å². The second-order valence-corrected chi connectivity index (χ2v) is 0.908. The second kappa shape index (κ2) is 17.3. The molecule has 0 aromatic heterocycles. The summed E-state index contributed by atoms with van der Waals surface area (Å²) < 4.78 is 0. The van der Waals surface area contributed by atoms with Crippen molar-refractivity contribution < 1.29 is 9.59 Å². The summed E-state index contributed by atoms with van der Waals surface area (Å²) in [5.74, 6) is 0.167. The third kappa shape index (κ3) is 806. The van der Waals surface area contributed by atoms with E-state index in [1.165, 1.54) is 13.8 Å². The predicted octanol–water partition coefficient (Wildman–Crippen LogP) is 0.523. The molecule has 0 aliphatic rings. The molecule has 0 amide bonds. The number of rotatable bonds is 0. The van der Waals surface area contributed by atoms with E-state index in [0.717, 1.165) is 0 Å². The summed E-state index contributed by atoms with van der Waals surface area (Å²) in [6, 6.07) is 0. The van der Waals surface area contributed by atoms with Crippen LogP contribution in [-0.4, -0.2) is 12.6 Å². The third-order valence-electron chi connectivity index (χ3n) is 0. The molecule has 0 saturated heterocycles. The van der Waals surface area contributed by atoms with Gasteiger partial charge in [0, 0.05) is 0 Å². The van der Waals surface area contributed by atoms with E-state index in [0.29, 0.717) is 0 Å². The molecule has 0 saturated carbocycles. The van der Waals surface area contributed by atoms with Gasteiger partial charge in [0.15, 0.2) is 0 Å². The van der Waals surface area contributed by atoms with Crippen LogP contribution < -0.4 is 0 Å². The third-order valence-corrected chi connectivity index (χ3v) is 0. The number of carbonyl (C=O) groups excluding carboxylic acids is 2. The van der Waals surface area contributed by atoms with Gasteiger partial charge in [-0.1, -0.05) is 0 Å². The fraction of sp³-hybridized carbons (Fsp3) is 0.500. The molecule has 7 heavy (non-hydrogen) atoms. The topological polar surface area (TPSA) is 34.1 Å². The Morgan fingerprint density at radius 2 is 1.29 bits per heavy atom. The summed E-state index contributed by atoms with van der Waals surface area (Å²) in [4.78, 5) is 17.4. The minimum atomic E-state index is 0. The summed E-state index contributed by atoms with van der Waals surface area (Å²) in [5, 5.41) is 0. The molecular formula is C4H10O2S. The minimum absolute atomic E-state index is 0. The van der Waals surface area contributed by atoms with Crippen LogP contribution in [0, 0.1) is 0 Å². The van der Waals surface area contributed by atoms with E-state index in [-0.39, 0.29) is 19.3 Å². The lowest BCUT2D eigenvalue weighted by molar-refractivity contribution is -0.115. The van der Waals surface area contributed by atoms with Crippen molar-refractivity contribution >= 4 is 26.1 Å². The number of hydrogen-bond donors (Lipinski definition) is 0. The first-order valence-corrected chi connectivity index (χ1v) is 1.49. The Bertz CT molecular complexity index is 41.0. The largest absolute Gasteiger partial charge is 0.307 e. The van der Waals surface area contributed by atoms with Gasteiger partial charge >= 0.3 is 0 Å². The lowest BCUT2D eigenvalue weighted by atomic mass is 10.6. The number of ketones is 1. The maximum absolute atomic E-state index is 9.44. The quantitative estimate of drug-likeness (QED) is 0.469. The lowest BCUT2D eigenvalue weighted by Gasteiger charge is -1.56. The highest BCUT2D eigenvalue weighted by molar-refractivity contribution is 7.59. The molecule has 0 N–H and O–H groups in total. The average Bonchev–Trinajstić information content (AvgIpc) is 1.41. The predicted molar refractivity (Wildman–Crippen MR) is 33.9 cm³/mol. The molecule has 0 radical (unpaired) electrons. The number of carbonyl (C=O) groups is 2. The lowest BCUT2D eigenvalue weighted by Crippen LogP contribution is -1.69. The molecule has 0 aliphatic carbocycles. The fourth-order valence-corrected chi connectivity index (χ4v) is 0. The van der Waals surface area contributed by atoms with Crippen molar-refractivity contribution in [3.63, 3.8) is 0 Å². The Kier molecular flexibility index (Phi) is 39.3. The van der Waals surface area contributed by atoms with Crippen molar-refractivity contribution in [2.75, 3.05) is 0 Å². The Hall–Kier alpha value is -0.310. The molecule has 0 unspecified atom stereocenters. The molecule has 0 atom stereocenters. The maximum atomic E-state index is 9.44. The summed E-state index contributed by atoms with van der Waals surface area (Å²) in [5.41, 5.74) is 0. The Labute approximate surface area is 50.4 Å². The normalized spacial score (nSPS) is 4.29. The molecule has 0 aliphatic heterocycles. The fourth-order valence-electron chi connectivity index (χ4n) is 0. The van der Waals surface area contributed by atoms with Crippen LogP contribution in [0.4, 0.5) is 0 Å². The molecule has 0 aromatic rings. The van der Waals surface area contributed by atoms with E-state index in [9.17, 15) is 4.79 Å². The van der Waals surface area contributed by atoms with Gasteiger partial charge in [-0.25, -0.2) is 0 Å². The Morgan fingerprint density at radius 3 is 1.29 bits per heavy atom. The smallest absolute Gasteiger partial charge is 0.126 e. The second-order valence-electron chi connectivity index (χ2n) is 0.908. The SMILES string of the molecule is C=O.CC(C)=O.S. The monoisotopic (exact) mass is 122 g/mol. The molecule has 0 heterocycles. The van der Waals surface area contributed by atoms with Crippen LogP contribution in [0.1, 0.15) is 13.8 Å². The van der Waals surface area contributed by atoms with E-state index in [4.69, 9.17) is 4.79 Å². The molecule has 0 bridgehead atoms. The molecular weight excluding hydrogens is 112 g/mol. The molecule has 44 valence electrons. The summed E-state index contributed by atoms with van der Waals surface area (Å²) in [6.07, 6.45) is 0. The van der Waals surface area contributed by atoms with Crippen LogP contribution in [0.5, 0.6) is 0 Å². The molecule has 0 aromatic carbocycles. The Balaban J connectivity index is -0.0000000480. The number of hydrogen-bond acceptors (Lipinski definition) is 2. The van der Waals surface area contributed by atoms with Crippen molar-refractivity contribution in [2.24, 2.45) is 0 Å².